The first kappa shape index (κ1) is 14.6. The van der Waals surface area contributed by atoms with E-state index in [1.165, 1.54) is 0 Å². The molecule has 18 heavy (non-hydrogen) atoms. The van der Waals surface area contributed by atoms with Crippen LogP contribution < -0.4 is 0 Å². The Bertz CT molecular complexity index is 395. The summed E-state index contributed by atoms with van der Waals surface area (Å²) in [5.74, 6) is -0.0510. The molecule has 102 valence electrons. The summed E-state index contributed by atoms with van der Waals surface area (Å²) >= 11 is 0. The van der Waals surface area contributed by atoms with Crippen molar-refractivity contribution >= 4 is 5.97 Å². The van der Waals surface area contributed by atoms with Crippen molar-refractivity contribution in [3.05, 3.63) is 5.82 Å². The van der Waals surface area contributed by atoms with E-state index < -0.39 is 5.97 Å². The second kappa shape index (κ2) is 5.93. The van der Waals surface area contributed by atoms with Gasteiger partial charge in [0.15, 0.2) is 5.82 Å². The van der Waals surface area contributed by atoms with Crippen molar-refractivity contribution < 1.29 is 9.90 Å². The standard InChI is InChI=1S/C12H22N4O2/c1-5-6-7-10-13-14-15-16(10)9(8-11(17)18)12(2,3)4/h9H,5-8H2,1-4H3,(H,17,18). The van der Waals surface area contributed by atoms with E-state index in [9.17, 15) is 4.79 Å². The predicted octanol–water partition coefficient (Wildman–Crippen LogP) is 2.08. The van der Waals surface area contributed by atoms with Gasteiger partial charge in [0.05, 0.1) is 12.5 Å². The van der Waals surface area contributed by atoms with Crippen LogP contribution in [0.1, 0.15) is 58.8 Å². The monoisotopic (exact) mass is 254 g/mol. The number of aryl methyl sites for hydroxylation is 1. The smallest absolute Gasteiger partial charge is 0.305 e. The number of hydrogen-bond acceptors (Lipinski definition) is 4. The molecule has 0 saturated heterocycles. The lowest BCUT2D eigenvalue weighted by molar-refractivity contribution is -0.138. The third-order valence-corrected chi connectivity index (χ3v) is 2.98. The van der Waals surface area contributed by atoms with Crippen molar-refractivity contribution in [2.45, 2.75) is 59.4 Å². The first-order valence-electron chi connectivity index (χ1n) is 6.34. The zero-order valence-electron chi connectivity index (χ0n) is 11.6. The lowest BCUT2D eigenvalue weighted by atomic mass is 9.84. The minimum atomic E-state index is -0.827. The molecule has 6 heteroatoms. The van der Waals surface area contributed by atoms with Gasteiger partial charge < -0.3 is 5.11 Å². The van der Waals surface area contributed by atoms with Crippen LogP contribution in [0.5, 0.6) is 0 Å². The quantitative estimate of drug-likeness (QED) is 0.840. The van der Waals surface area contributed by atoms with Gasteiger partial charge in [0, 0.05) is 6.42 Å². The molecular weight excluding hydrogens is 232 g/mol. The Morgan fingerprint density at radius 2 is 2.11 bits per heavy atom. The Labute approximate surface area is 107 Å². The highest BCUT2D eigenvalue weighted by Crippen LogP contribution is 2.33. The SMILES string of the molecule is CCCCc1nnnn1C(CC(=O)O)C(C)(C)C. The molecule has 1 N–H and O–H groups in total. The van der Waals surface area contributed by atoms with Gasteiger partial charge in [-0.25, -0.2) is 4.68 Å². The Hall–Kier alpha value is -1.46. The largest absolute Gasteiger partial charge is 0.481 e. The molecule has 0 amide bonds. The van der Waals surface area contributed by atoms with Crippen LogP contribution in [0.2, 0.25) is 0 Å². The van der Waals surface area contributed by atoms with Gasteiger partial charge in [0.2, 0.25) is 0 Å². The molecule has 1 heterocycles. The summed E-state index contributed by atoms with van der Waals surface area (Å²) in [5.41, 5.74) is -0.200. The van der Waals surface area contributed by atoms with Crippen LogP contribution in [-0.2, 0) is 11.2 Å². The molecule has 0 aliphatic carbocycles. The lowest BCUT2D eigenvalue weighted by Gasteiger charge is -2.29. The number of carboxylic acids is 1. The van der Waals surface area contributed by atoms with Crippen LogP contribution in [-0.4, -0.2) is 31.3 Å². The summed E-state index contributed by atoms with van der Waals surface area (Å²) in [6, 6.07) is -0.225. The van der Waals surface area contributed by atoms with Crippen molar-refractivity contribution in [2.75, 3.05) is 0 Å². The fraction of sp³-hybridized carbons (Fsp3) is 0.833. The minimum absolute atomic E-state index is 0.0354. The fourth-order valence-electron chi connectivity index (χ4n) is 1.88. The molecule has 0 bridgehead atoms. The van der Waals surface area contributed by atoms with Gasteiger partial charge in [0.25, 0.3) is 0 Å². The first-order chi connectivity index (χ1) is 8.36. The van der Waals surface area contributed by atoms with Crippen molar-refractivity contribution in [2.24, 2.45) is 5.41 Å². The second-order valence-electron chi connectivity index (χ2n) is 5.62. The average Bonchev–Trinajstić information content (AvgIpc) is 2.69. The number of aromatic nitrogens is 4. The molecule has 6 nitrogen and oxygen atoms in total. The van der Waals surface area contributed by atoms with E-state index in [0.717, 1.165) is 25.1 Å². The zero-order chi connectivity index (χ0) is 13.8. The number of carboxylic acid groups (broad SMARTS) is 1. The molecular formula is C12H22N4O2. The molecule has 0 aromatic carbocycles. The topological polar surface area (TPSA) is 80.9 Å². The molecule has 0 spiro atoms. The van der Waals surface area contributed by atoms with Gasteiger partial charge in [-0.3, -0.25) is 4.79 Å². The summed E-state index contributed by atoms with van der Waals surface area (Å²) in [7, 11) is 0. The van der Waals surface area contributed by atoms with Crippen LogP contribution in [0.4, 0.5) is 0 Å². The molecule has 1 unspecified atom stereocenters. The van der Waals surface area contributed by atoms with E-state index in [0.29, 0.717) is 0 Å². The molecule has 1 atom stereocenters. The zero-order valence-corrected chi connectivity index (χ0v) is 11.6. The number of carbonyl (C=O) groups is 1. The lowest BCUT2D eigenvalue weighted by Crippen LogP contribution is -2.29. The Kier molecular flexibility index (Phi) is 4.81. The van der Waals surface area contributed by atoms with Gasteiger partial charge in [-0.2, -0.15) is 0 Å². The van der Waals surface area contributed by atoms with Crippen molar-refractivity contribution in [1.29, 1.82) is 0 Å². The molecule has 1 rings (SSSR count). The van der Waals surface area contributed by atoms with E-state index in [1.54, 1.807) is 4.68 Å². The number of nitrogens with zero attached hydrogens (tertiary/aromatic N) is 4. The summed E-state index contributed by atoms with van der Waals surface area (Å²) in [6.45, 7) is 8.12. The molecule has 0 fully saturated rings. The van der Waals surface area contributed by atoms with Crippen molar-refractivity contribution in [3.63, 3.8) is 0 Å². The fourth-order valence-corrected chi connectivity index (χ4v) is 1.88. The number of hydrogen-bond donors (Lipinski definition) is 1. The maximum Gasteiger partial charge on any atom is 0.305 e. The second-order valence-corrected chi connectivity index (χ2v) is 5.62. The Morgan fingerprint density at radius 1 is 1.44 bits per heavy atom. The maximum atomic E-state index is 11.0. The van der Waals surface area contributed by atoms with Gasteiger partial charge in [-0.05, 0) is 22.3 Å². The van der Waals surface area contributed by atoms with E-state index in [2.05, 4.69) is 22.4 Å². The highest BCUT2D eigenvalue weighted by atomic mass is 16.4. The molecule has 0 saturated carbocycles. The van der Waals surface area contributed by atoms with Gasteiger partial charge in [-0.1, -0.05) is 34.1 Å². The Morgan fingerprint density at radius 3 is 2.61 bits per heavy atom. The summed E-state index contributed by atoms with van der Waals surface area (Å²) in [6.07, 6.45) is 2.89. The average molecular weight is 254 g/mol. The van der Waals surface area contributed by atoms with E-state index in [-0.39, 0.29) is 17.9 Å². The predicted molar refractivity (Wildman–Crippen MR) is 67.2 cm³/mol. The minimum Gasteiger partial charge on any atom is -0.481 e. The van der Waals surface area contributed by atoms with E-state index >= 15 is 0 Å². The normalized spacial score (nSPS) is 13.6. The number of rotatable bonds is 6. The number of tetrazole rings is 1. The van der Waals surface area contributed by atoms with Crippen LogP contribution in [0.3, 0.4) is 0 Å². The van der Waals surface area contributed by atoms with Crippen LogP contribution in [0.15, 0.2) is 0 Å². The van der Waals surface area contributed by atoms with Gasteiger partial charge >= 0.3 is 5.97 Å². The number of unbranched alkanes of at least 4 members (excludes halogenated alkanes) is 1. The highest BCUT2D eigenvalue weighted by Gasteiger charge is 2.31. The maximum absolute atomic E-state index is 11.0. The molecule has 0 aliphatic heterocycles. The van der Waals surface area contributed by atoms with Crippen molar-refractivity contribution in [3.8, 4) is 0 Å². The number of aliphatic carboxylic acids is 1. The van der Waals surface area contributed by atoms with Gasteiger partial charge in [0.1, 0.15) is 0 Å². The van der Waals surface area contributed by atoms with Crippen molar-refractivity contribution in [1.82, 2.24) is 20.2 Å². The summed E-state index contributed by atoms with van der Waals surface area (Å²) < 4.78 is 1.68. The van der Waals surface area contributed by atoms with Crippen LogP contribution >= 0.6 is 0 Å². The highest BCUT2D eigenvalue weighted by molar-refractivity contribution is 5.67. The van der Waals surface area contributed by atoms with E-state index in [4.69, 9.17) is 5.11 Å². The summed E-state index contributed by atoms with van der Waals surface area (Å²) in [4.78, 5) is 11.0. The summed E-state index contributed by atoms with van der Waals surface area (Å²) in [5, 5.41) is 20.7. The third kappa shape index (κ3) is 3.78. The third-order valence-electron chi connectivity index (χ3n) is 2.98. The van der Waals surface area contributed by atoms with Crippen LogP contribution in [0.25, 0.3) is 0 Å². The first-order valence-corrected chi connectivity index (χ1v) is 6.34. The molecule has 0 aliphatic rings. The molecule has 1 aromatic rings. The van der Waals surface area contributed by atoms with E-state index in [1.807, 2.05) is 20.8 Å². The molecule has 0 radical (unpaired) electrons. The molecule has 1 aromatic heterocycles. The Balaban J connectivity index is 2.98. The van der Waals surface area contributed by atoms with Gasteiger partial charge in [-0.15, -0.1) is 5.10 Å². The van der Waals surface area contributed by atoms with Crippen LogP contribution in [0, 0.1) is 5.41 Å².